The fourth-order valence-electron chi connectivity index (χ4n) is 3.74. The number of hydrogen-bond acceptors (Lipinski definition) is 5. The van der Waals surface area contributed by atoms with Gasteiger partial charge in [0.05, 0.1) is 31.2 Å². The summed E-state index contributed by atoms with van der Waals surface area (Å²) in [5.41, 5.74) is 4.72. The number of rotatable bonds is 8. The van der Waals surface area contributed by atoms with E-state index in [0.717, 1.165) is 62.1 Å². The molecule has 0 atom stereocenters. The van der Waals surface area contributed by atoms with Crippen LogP contribution >= 0.6 is 11.3 Å². The van der Waals surface area contributed by atoms with E-state index in [0.29, 0.717) is 6.61 Å². The lowest BCUT2D eigenvalue weighted by molar-refractivity contribution is 0.0363. The third-order valence-corrected chi connectivity index (χ3v) is 6.44. The van der Waals surface area contributed by atoms with Crippen LogP contribution in [-0.2, 0) is 17.7 Å². The molecule has 0 spiro atoms. The molecule has 0 radical (unpaired) electrons. The quantitative estimate of drug-likeness (QED) is 0.511. The Balaban J connectivity index is 1.65. The number of ether oxygens (including phenoxy) is 2. The van der Waals surface area contributed by atoms with Gasteiger partial charge in [-0.3, -0.25) is 4.90 Å². The smallest absolute Gasteiger partial charge is 0.190 e. The topological polar surface area (TPSA) is 39.0 Å². The molecule has 1 aromatic heterocycles. The van der Waals surface area contributed by atoms with E-state index in [1.807, 2.05) is 19.1 Å². The number of nitrogens with zero attached hydrogens (tertiary/aromatic N) is 3. The summed E-state index contributed by atoms with van der Waals surface area (Å²) in [5.74, 6) is 0.905. The average Bonchev–Trinajstić information content (AvgIpc) is 3.22. The van der Waals surface area contributed by atoms with E-state index in [4.69, 9.17) is 14.5 Å². The summed E-state index contributed by atoms with van der Waals surface area (Å²) in [7, 11) is 0. The van der Waals surface area contributed by atoms with Gasteiger partial charge in [-0.1, -0.05) is 19.1 Å². The molecule has 164 valence electrons. The molecule has 2 heterocycles. The number of aromatic nitrogens is 1. The van der Waals surface area contributed by atoms with Gasteiger partial charge in [0.1, 0.15) is 5.75 Å². The monoisotopic (exact) mass is 437 g/mol. The van der Waals surface area contributed by atoms with Crippen LogP contribution in [-0.4, -0.2) is 48.9 Å². The standard InChI is InChI=1S/C25H31N3O2S/c1-3-20-5-9-22(10-6-20)26-25-28(14-13-27-15-17-29-18-16-27)24(19-31-25)21-7-11-23(12-8-21)30-4-2/h5-12,19H,3-4,13-18H2,1-2H3. The van der Waals surface area contributed by atoms with Crippen molar-refractivity contribution >= 4 is 17.0 Å². The molecule has 3 aromatic rings. The summed E-state index contributed by atoms with van der Waals surface area (Å²) in [6.45, 7) is 10.4. The maximum Gasteiger partial charge on any atom is 0.190 e. The molecule has 2 aromatic carbocycles. The van der Waals surface area contributed by atoms with Gasteiger partial charge in [-0.15, -0.1) is 11.3 Å². The van der Waals surface area contributed by atoms with E-state index in [2.05, 4.69) is 58.2 Å². The van der Waals surface area contributed by atoms with E-state index >= 15 is 0 Å². The van der Waals surface area contributed by atoms with E-state index in [1.54, 1.807) is 11.3 Å². The predicted octanol–water partition coefficient (Wildman–Crippen LogP) is 4.74. The van der Waals surface area contributed by atoms with Crippen molar-refractivity contribution in [2.75, 3.05) is 39.5 Å². The SMILES string of the molecule is CCOc1ccc(-c2csc(=Nc3ccc(CC)cc3)n2CCN2CCOCC2)cc1. The van der Waals surface area contributed by atoms with E-state index in [1.165, 1.54) is 16.8 Å². The van der Waals surface area contributed by atoms with Gasteiger partial charge < -0.3 is 14.0 Å². The van der Waals surface area contributed by atoms with Crippen LogP contribution in [0.25, 0.3) is 11.3 Å². The normalized spacial score (nSPS) is 15.4. The molecule has 1 saturated heterocycles. The first-order valence-corrected chi connectivity index (χ1v) is 12.0. The highest BCUT2D eigenvalue weighted by atomic mass is 32.1. The van der Waals surface area contributed by atoms with Crippen molar-refractivity contribution in [3.8, 4) is 17.0 Å². The lowest BCUT2D eigenvalue weighted by Gasteiger charge is -2.26. The molecule has 1 aliphatic rings. The first-order valence-electron chi connectivity index (χ1n) is 11.1. The summed E-state index contributed by atoms with van der Waals surface area (Å²) < 4.78 is 13.5. The Morgan fingerprint density at radius 1 is 0.968 bits per heavy atom. The van der Waals surface area contributed by atoms with Crippen LogP contribution in [0.2, 0.25) is 0 Å². The van der Waals surface area contributed by atoms with Gasteiger partial charge in [0.25, 0.3) is 0 Å². The van der Waals surface area contributed by atoms with Crippen LogP contribution in [0.1, 0.15) is 19.4 Å². The number of hydrogen-bond donors (Lipinski definition) is 0. The molecule has 4 rings (SSSR count). The van der Waals surface area contributed by atoms with Crippen LogP contribution in [0, 0.1) is 0 Å². The molecule has 1 fully saturated rings. The summed E-state index contributed by atoms with van der Waals surface area (Å²) >= 11 is 1.70. The molecule has 5 nitrogen and oxygen atoms in total. The Morgan fingerprint density at radius 2 is 1.71 bits per heavy atom. The number of aryl methyl sites for hydroxylation is 1. The number of thiazole rings is 1. The van der Waals surface area contributed by atoms with Gasteiger partial charge in [-0.25, -0.2) is 4.99 Å². The second kappa shape index (κ2) is 10.8. The summed E-state index contributed by atoms with van der Waals surface area (Å²) in [6, 6.07) is 16.9. The van der Waals surface area contributed by atoms with Gasteiger partial charge in [0.15, 0.2) is 4.80 Å². The molecule has 0 bridgehead atoms. The van der Waals surface area contributed by atoms with Crippen molar-refractivity contribution in [3.05, 3.63) is 64.3 Å². The Labute approximate surface area is 188 Å². The second-order valence-corrected chi connectivity index (χ2v) is 8.43. The number of morpholine rings is 1. The van der Waals surface area contributed by atoms with Crippen molar-refractivity contribution in [2.45, 2.75) is 26.8 Å². The highest BCUT2D eigenvalue weighted by Gasteiger charge is 2.13. The maximum atomic E-state index is 5.62. The van der Waals surface area contributed by atoms with Crippen molar-refractivity contribution in [2.24, 2.45) is 4.99 Å². The minimum Gasteiger partial charge on any atom is -0.494 e. The van der Waals surface area contributed by atoms with Crippen molar-refractivity contribution in [1.29, 1.82) is 0 Å². The zero-order valence-electron chi connectivity index (χ0n) is 18.4. The van der Waals surface area contributed by atoms with Crippen LogP contribution in [0.3, 0.4) is 0 Å². The Kier molecular flexibility index (Phi) is 7.57. The molecule has 0 unspecified atom stereocenters. The van der Waals surface area contributed by atoms with E-state index < -0.39 is 0 Å². The molecule has 1 aliphatic heterocycles. The van der Waals surface area contributed by atoms with Gasteiger partial charge in [-0.05, 0) is 60.9 Å². The van der Waals surface area contributed by atoms with E-state index in [-0.39, 0.29) is 0 Å². The molecule has 31 heavy (non-hydrogen) atoms. The Morgan fingerprint density at radius 3 is 2.39 bits per heavy atom. The highest BCUT2D eigenvalue weighted by molar-refractivity contribution is 7.07. The summed E-state index contributed by atoms with van der Waals surface area (Å²) in [6.07, 6.45) is 1.04. The fraction of sp³-hybridized carbons (Fsp3) is 0.400. The molecule has 0 aliphatic carbocycles. The predicted molar refractivity (Wildman–Crippen MR) is 127 cm³/mol. The zero-order valence-corrected chi connectivity index (χ0v) is 19.2. The van der Waals surface area contributed by atoms with Crippen LogP contribution in [0.15, 0.2) is 58.9 Å². The highest BCUT2D eigenvalue weighted by Crippen LogP contribution is 2.24. The van der Waals surface area contributed by atoms with Gasteiger partial charge >= 0.3 is 0 Å². The molecular weight excluding hydrogens is 406 g/mol. The zero-order chi connectivity index (χ0) is 21.5. The average molecular weight is 438 g/mol. The van der Waals surface area contributed by atoms with E-state index in [9.17, 15) is 0 Å². The van der Waals surface area contributed by atoms with Crippen molar-refractivity contribution < 1.29 is 9.47 Å². The summed E-state index contributed by atoms with van der Waals surface area (Å²) in [4.78, 5) is 8.48. The van der Waals surface area contributed by atoms with Crippen molar-refractivity contribution in [1.82, 2.24) is 9.47 Å². The van der Waals surface area contributed by atoms with Crippen LogP contribution in [0.4, 0.5) is 5.69 Å². The lowest BCUT2D eigenvalue weighted by Crippen LogP contribution is -2.39. The van der Waals surface area contributed by atoms with Gasteiger partial charge in [0.2, 0.25) is 0 Å². The fourth-order valence-corrected chi connectivity index (χ4v) is 4.69. The molecule has 0 saturated carbocycles. The minimum absolute atomic E-state index is 0.678. The van der Waals surface area contributed by atoms with Gasteiger partial charge in [0, 0.05) is 31.6 Å². The largest absolute Gasteiger partial charge is 0.494 e. The first-order chi connectivity index (χ1) is 15.3. The van der Waals surface area contributed by atoms with Crippen LogP contribution in [0.5, 0.6) is 5.75 Å². The van der Waals surface area contributed by atoms with Crippen molar-refractivity contribution in [3.63, 3.8) is 0 Å². The second-order valence-electron chi connectivity index (χ2n) is 7.60. The number of benzene rings is 2. The Hall–Kier alpha value is -2.41. The lowest BCUT2D eigenvalue weighted by atomic mass is 10.1. The first kappa shape index (κ1) is 21.8. The summed E-state index contributed by atoms with van der Waals surface area (Å²) in [5, 5.41) is 2.22. The molecule has 0 N–H and O–H groups in total. The minimum atomic E-state index is 0.678. The maximum absolute atomic E-state index is 5.62. The molecular formula is C25H31N3O2S. The van der Waals surface area contributed by atoms with Gasteiger partial charge in [-0.2, -0.15) is 0 Å². The third-order valence-electron chi connectivity index (χ3n) is 5.57. The molecule has 0 amide bonds. The third kappa shape index (κ3) is 5.64. The molecule has 6 heteroatoms. The van der Waals surface area contributed by atoms with Crippen LogP contribution < -0.4 is 9.54 Å². The Bertz CT molecular complexity index is 1020.